The first-order chi connectivity index (χ1) is 9.34. The van der Waals surface area contributed by atoms with Crippen molar-refractivity contribution >= 4 is 17.4 Å². The maximum atomic E-state index is 5.82. The normalized spacial score (nSPS) is 21.2. The molecule has 1 fully saturated rings. The minimum atomic E-state index is 0.249. The molecule has 2 aromatic heterocycles. The number of hydrogen-bond acceptors (Lipinski definition) is 4. The molecule has 1 aliphatic heterocycles. The third kappa shape index (κ3) is 2.76. The van der Waals surface area contributed by atoms with Crippen molar-refractivity contribution in [1.29, 1.82) is 0 Å². The van der Waals surface area contributed by atoms with Crippen LogP contribution in [0.2, 0.25) is 0 Å². The molecular formula is C14H18N4S. The molecule has 2 N–H and O–H groups in total. The van der Waals surface area contributed by atoms with E-state index in [-0.39, 0.29) is 6.04 Å². The second-order valence-electron chi connectivity index (χ2n) is 4.96. The van der Waals surface area contributed by atoms with Crippen LogP contribution in [0.3, 0.4) is 0 Å². The molecule has 0 aromatic carbocycles. The van der Waals surface area contributed by atoms with E-state index < -0.39 is 0 Å². The summed E-state index contributed by atoms with van der Waals surface area (Å²) in [6.07, 6.45) is 9.93. The zero-order valence-corrected chi connectivity index (χ0v) is 11.6. The fraction of sp³-hybridized carbons (Fsp3) is 0.429. The Balaban J connectivity index is 1.95. The molecule has 3 heterocycles. The minimum absolute atomic E-state index is 0.249. The number of pyridine rings is 1. The van der Waals surface area contributed by atoms with Gasteiger partial charge in [0.15, 0.2) is 0 Å². The zero-order valence-electron chi connectivity index (χ0n) is 10.8. The Kier molecular flexibility index (Phi) is 3.73. The third-order valence-corrected chi connectivity index (χ3v) is 4.82. The van der Waals surface area contributed by atoms with E-state index in [1.165, 1.54) is 29.9 Å². The van der Waals surface area contributed by atoms with Gasteiger partial charge in [0.25, 0.3) is 0 Å². The highest BCUT2D eigenvalue weighted by Crippen LogP contribution is 2.35. The van der Waals surface area contributed by atoms with Gasteiger partial charge in [-0.15, -0.1) is 0 Å². The van der Waals surface area contributed by atoms with E-state index in [1.807, 2.05) is 41.1 Å². The molecular weight excluding hydrogens is 256 g/mol. The van der Waals surface area contributed by atoms with Crippen molar-refractivity contribution in [1.82, 2.24) is 14.8 Å². The van der Waals surface area contributed by atoms with Gasteiger partial charge in [0.1, 0.15) is 0 Å². The fourth-order valence-corrected chi connectivity index (χ4v) is 3.90. The van der Waals surface area contributed by atoms with Gasteiger partial charge in [-0.05, 0) is 41.9 Å². The van der Waals surface area contributed by atoms with Crippen LogP contribution in [-0.2, 0) is 0 Å². The highest BCUT2D eigenvalue weighted by atomic mass is 32.2. The standard InChI is InChI=1S/C14H18N4S/c15-13-8-17-18(9-13)14(11-3-1-5-16-7-11)12-4-2-6-19-10-12/h1,3,5,7-9,12,14H,2,4,6,10,15H2. The highest BCUT2D eigenvalue weighted by Gasteiger charge is 2.27. The minimum Gasteiger partial charge on any atom is -0.396 e. The van der Waals surface area contributed by atoms with E-state index in [2.05, 4.69) is 16.1 Å². The number of hydrogen-bond donors (Lipinski definition) is 1. The van der Waals surface area contributed by atoms with E-state index in [1.54, 1.807) is 6.20 Å². The number of thioether (sulfide) groups is 1. The van der Waals surface area contributed by atoms with Crippen LogP contribution < -0.4 is 5.73 Å². The summed E-state index contributed by atoms with van der Waals surface area (Å²) in [7, 11) is 0. The topological polar surface area (TPSA) is 56.7 Å². The largest absolute Gasteiger partial charge is 0.396 e. The van der Waals surface area contributed by atoms with Crippen molar-refractivity contribution in [3.8, 4) is 0 Å². The summed E-state index contributed by atoms with van der Waals surface area (Å²) in [5.74, 6) is 3.05. The van der Waals surface area contributed by atoms with Crippen molar-refractivity contribution in [2.75, 3.05) is 17.2 Å². The van der Waals surface area contributed by atoms with Crippen LogP contribution in [0.4, 0.5) is 5.69 Å². The molecule has 2 unspecified atom stereocenters. The van der Waals surface area contributed by atoms with E-state index in [9.17, 15) is 0 Å². The highest BCUT2D eigenvalue weighted by molar-refractivity contribution is 7.99. The lowest BCUT2D eigenvalue weighted by molar-refractivity contribution is 0.355. The average molecular weight is 274 g/mol. The zero-order chi connectivity index (χ0) is 13.1. The number of nitrogens with zero attached hydrogens (tertiary/aromatic N) is 3. The van der Waals surface area contributed by atoms with Gasteiger partial charge in [-0.3, -0.25) is 9.67 Å². The molecule has 1 saturated heterocycles. The Labute approximate surface area is 117 Å². The molecule has 2 atom stereocenters. The number of anilines is 1. The van der Waals surface area contributed by atoms with Gasteiger partial charge in [-0.2, -0.15) is 16.9 Å². The molecule has 1 aliphatic rings. The second kappa shape index (κ2) is 5.65. The Morgan fingerprint density at radius 2 is 2.37 bits per heavy atom. The molecule has 100 valence electrons. The maximum Gasteiger partial charge on any atom is 0.0820 e. The number of nitrogen functional groups attached to an aromatic ring is 1. The summed E-state index contributed by atoms with van der Waals surface area (Å²) in [5, 5.41) is 4.42. The molecule has 19 heavy (non-hydrogen) atoms. The van der Waals surface area contributed by atoms with Crippen molar-refractivity contribution < 1.29 is 0 Å². The number of aromatic nitrogens is 3. The molecule has 0 aliphatic carbocycles. The van der Waals surface area contributed by atoms with Crippen LogP contribution in [0.5, 0.6) is 0 Å². The molecule has 0 radical (unpaired) electrons. The lowest BCUT2D eigenvalue weighted by atomic mass is 9.91. The predicted molar refractivity (Wildman–Crippen MR) is 79.1 cm³/mol. The SMILES string of the molecule is Nc1cnn(C(c2cccnc2)C2CCCSC2)c1. The molecule has 4 nitrogen and oxygen atoms in total. The van der Waals surface area contributed by atoms with Crippen molar-refractivity contribution in [2.24, 2.45) is 5.92 Å². The Morgan fingerprint density at radius 1 is 1.42 bits per heavy atom. The third-order valence-electron chi connectivity index (χ3n) is 3.57. The lowest BCUT2D eigenvalue weighted by Crippen LogP contribution is -2.25. The molecule has 0 spiro atoms. The van der Waals surface area contributed by atoms with E-state index in [0.717, 1.165) is 5.69 Å². The van der Waals surface area contributed by atoms with Gasteiger partial charge in [-0.1, -0.05) is 6.07 Å². The van der Waals surface area contributed by atoms with Gasteiger partial charge in [-0.25, -0.2) is 0 Å². The fourth-order valence-electron chi connectivity index (χ4n) is 2.71. The first kappa shape index (κ1) is 12.5. The Hall–Kier alpha value is -1.49. The average Bonchev–Trinajstić information content (AvgIpc) is 2.88. The van der Waals surface area contributed by atoms with Crippen molar-refractivity contribution in [3.63, 3.8) is 0 Å². The van der Waals surface area contributed by atoms with Crippen LogP contribution in [0, 0.1) is 5.92 Å². The van der Waals surface area contributed by atoms with Gasteiger partial charge in [0.05, 0.1) is 17.9 Å². The van der Waals surface area contributed by atoms with Crippen LogP contribution in [0.1, 0.15) is 24.4 Å². The number of rotatable bonds is 3. The first-order valence-electron chi connectivity index (χ1n) is 6.62. The van der Waals surface area contributed by atoms with Crippen LogP contribution in [0.15, 0.2) is 36.9 Å². The lowest BCUT2D eigenvalue weighted by Gasteiger charge is -2.30. The Morgan fingerprint density at radius 3 is 3.00 bits per heavy atom. The van der Waals surface area contributed by atoms with E-state index >= 15 is 0 Å². The summed E-state index contributed by atoms with van der Waals surface area (Å²) in [6, 6.07) is 4.37. The molecule has 5 heteroatoms. The van der Waals surface area contributed by atoms with Crippen LogP contribution in [-0.4, -0.2) is 26.3 Å². The van der Waals surface area contributed by atoms with Crippen molar-refractivity contribution in [2.45, 2.75) is 18.9 Å². The summed E-state index contributed by atoms with van der Waals surface area (Å²) < 4.78 is 2.00. The van der Waals surface area contributed by atoms with Gasteiger partial charge >= 0.3 is 0 Å². The van der Waals surface area contributed by atoms with Crippen molar-refractivity contribution in [3.05, 3.63) is 42.5 Å². The van der Waals surface area contributed by atoms with Crippen LogP contribution >= 0.6 is 11.8 Å². The quantitative estimate of drug-likeness (QED) is 0.934. The summed E-state index contributed by atoms with van der Waals surface area (Å²) in [4.78, 5) is 4.25. The molecule has 0 amide bonds. The molecule has 0 saturated carbocycles. The molecule has 0 bridgehead atoms. The predicted octanol–water partition coefficient (Wildman–Crippen LogP) is 2.59. The van der Waals surface area contributed by atoms with Gasteiger partial charge < -0.3 is 5.73 Å². The summed E-state index contributed by atoms with van der Waals surface area (Å²) >= 11 is 2.03. The monoisotopic (exact) mass is 274 g/mol. The smallest absolute Gasteiger partial charge is 0.0820 e. The number of nitrogens with two attached hydrogens (primary N) is 1. The summed E-state index contributed by atoms with van der Waals surface area (Å²) in [6.45, 7) is 0. The molecule has 2 aromatic rings. The Bertz CT molecular complexity index is 519. The van der Waals surface area contributed by atoms with Gasteiger partial charge in [0, 0.05) is 18.6 Å². The van der Waals surface area contributed by atoms with E-state index in [0.29, 0.717) is 5.92 Å². The first-order valence-corrected chi connectivity index (χ1v) is 7.77. The summed E-state index contributed by atoms with van der Waals surface area (Å²) in [5.41, 5.74) is 7.76. The molecule has 3 rings (SSSR count). The second-order valence-corrected chi connectivity index (χ2v) is 6.11. The van der Waals surface area contributed by atoms with Gasteiger partial charge in [0.2, 0.25) is 0 Å². The van der Waals surface area contributed by atoms with E-state index in [4.69, 9.17) is 5.73 Å². The van der Waals surface area contributed by atoms with Crippen LogP contribution in [0.25, 0.3) is 0 Å². The maximum absolute atomic E-state index is 5.82.